The van der Waals surface area contributed by atoms with Gasteiger partial charge in [-0.3, -0.25) is 0 Å². The summed E-state index contributed by atoms with van der Waals surface area (Å²) < 4.78 is 1.91. The number of hydrogen-bond donors (Lipinski definition) is 0. The zero-order valence-electron chi connectivity index (χ0n) is 30.2. The number of fused-ring (bicyclic) bond motifs is 3. The summed E-state index contributed by atoms with van der Waals surface area (Å²) in [6.07, 6.45) is 19.2. The summed E-state index contributed by atoms with van der Waals surface area (Å²) >= 11 is 1.75. The Labute approximate surface area is 310 Å². The van der Waals surface area contributed by atoms with Gasteiger partial charge < -0.3 is 24.8 Å². The first kappa shape index (κ1) is 41.3. The minimum Gasteiger partial charge on any atom is -0.214 e. The maximum atomic E-state index is 3.69. The molecule has 0 nitrogen and oxygen atoms in total. The second-order valence-corrected chi connectivity index (χ2v) is 17.9. The molecular weight excluding hydrogens is 679 g/mol. The molecule has 0 heterocycles. The fourth-order valence-corrected chi connectivity index (χ4v) is 9.33. The Balaban J connectivity index is 0.000000278. The van der Waals surface area contributed by atoms with E-state index in [1.807, 2.05) is 33.5 Å². The zero-order chi connectivity index (χ0) is 31.9. The average Bonchev–Trinajstić information content (AvgIpc) is 3.64. The minimum atomic E-state index is 0. The molecule has 0 spiro atoms. The predicted molar refractivity (Wildman–Crippen MR) is 190 cm³/mol. The number of hydrogen-bond acceptors (Lipinski definition) is 0. The minimum absolute atomic E-state index is 0. The molecule has 3 aliphatic carbocycles. The molecule has 0 aliphatic heterocycles. The molecule has 6 rings (SSSR count). The third-order valence-corrected chi connectivity index (χ3v) is 11.2. The van der Waals surface area contributed by atoms with Gasteiger partial charge in [-0.2, -0.15) is 35.9 Å². The molecule has 0 bridgehead atoms. The normalized spacial score (nSPS) is 16.4. The fourth-order valence-electron chi connectivity index (χ4n) is 7.91. The number of rotatable bonds is 4. The van der Waals surface area contributed by atoms with Gasteiger partial charge in [-0.05, 0) is 35.4 Å². The van der Waals surface area contributed by atoms with Crippen LogP contribution in [0.3, 0.4) is 0 Å². The number of benzene rings is 2. The van der Waals surface area contributed by atoms with Gasteiger partial charge in [0.1, 0.15) is 0 Å². The zero-order valence-corrected chi connectivity index (χ0v) is 34.2. The Hall–Kier alpha value is -0.877. The molecule has 0 saturated heterocycles. The second-order valence-electron chi connectivity index (χ2n) is 16.2. The van der Waals surface area contributed by atoms with E-state index in [0.717, 1.165) is 18.3 Å². The van der Waals surface area contributed by atoms with E-state index < -0.39 is 0 Å². The van der Waals surface area contributed by atoms with Gasteiger partial charge in [-0.15, -0.1) is 16.7 Å². The maximum absolute atomic E-state index is 3.69. The molecule has 3 aromatic carbocycles. The molecule has 0 amide bonds. The van der Waals surface area contributed by atoms with Crippen LogP contribution in [0.2, 0.25) is 0 Å². The third-order valence-electron chi connectivity index (χ3n) is 10.2. The Bertz CT molecular complexity index is 1230. The van der Waals surface area contributed by atoms with Gasteiger partial charge in [0, 0.05) is 0 Å². The van der Waals surface area contributed by atoms with Crippen molar-refractivity contribution in [3.63, 3.8) is 0 Å². The largest absolute Gasteiger partial charge is 0.214 e. The Morgan fingerprint density at radius 1 is 0.717 bits per heavy atom. The summed E-state index contributed by atoms with van der Waals surface area (Å²) in [6, 6.07) is 20.9. The molecule has 0 N–H and O–H groups in total. The van der Waals surface area contributed by atoms with E-state index in [4.69, 9.17) is 0 Å². The van der Waals surface area contributed by atoms with Gasteiger partial charge in [0.05, 0.1) is 0 Å². The molecule has 0 radical (unpaired) electrons. The Morgan fingerprint density at radius 3 is 1.63 bits per heavy atom. The van der Waals surface area contributed by atoms with Crippen LogP contribution >= 0.6 is 0 Å². The first-order valence-corrected chi connectivity index (χ1v) is 19.0. The van der Waals surface area contributed by atoms with Crippen molar-refractivity contribution in [3.05, 3.63) is 88.0 Å². The van der Waals surface area contributed by atoms with Gasteiger partial charge in [-0.1, -0.05) is 71.6 Å². The van der Waals surface area contributed by atoms with Crippen LogP contribution in [0, 0.1) is 31.7 Å². The Kier molecular flexibility index (Phi) is 16.8. The fraction of sp³-hybridized carbons (Fsp3) is 0.581. The van der Waals surface area contributed by atoms with E-state index in [-0.39, 0.29) is 35.6 Å². The van der Waals surface area contributed by atoms with Gasteiger partial charge >= 0.3 is 116 Å². The van der Waals surface area contributed by atoms with Crippen molar-refractivity contribution in [2.75, 3.05) is 0 Å². The van der Waals surface area contributed by atoms with Crippen LogP contribution in [0.5, 0.6) is 0 Å². The SMILES string of the molecule is Cc1[c-]c2c(cc1C(C)(C)C)-c1cc(C(C)(C)C)c(C)cc1C2.[Cl-].[Cl-].[Zr+2]=[C](CC1CCCCC1)CC1CCCCC1.c1cc[cH-]c1. The maximum Gasteiger partial charge on any atom is -0.172 e. The summed E-state index contributed by atoms with van der Waals surface area (Å²) in [5, 5.41) is 0. The van der Waals surface area contributed by atoms with E-state index in [0.29, 0.717) is 0 Å². The van der Waals surface area contributed by atoms with E-state index in [1.54, 1.807) is 24.2 Å². The van der Waals surface area contributed by atoms with Crippen molar-refractivity contribution < 1.29 is 49.0 Å². The van der Waals surface area contributed by atoms with Crippen molar-refractivity contribution in [3.8, 4) is 11.1 Å². The van der Waals surface area contributed by atoms with Crippen molar-refractivity contribution in [1.29, 1.82) is 0 Å². The van der Waals surface area contributed by atoms with Crippen molar-refractivity contribution in [1.82, 2.24) is 0 Å². The van der Waals surface area contributed by atoms with Crippen molar-refractivity contribution in [2.45, 2.75) is 150 Å². The number of halogens is 2. The van der Waals surface area contributed by atoms with E-state index >= 15 is 0 Å². The standard InChI is InChI=1S/C23H29.C15H26.C5H5.2ClH.Zr/c1-14-9-16-11-17-10-15(2)21(23(6,7)8)13-19(17)18(16)12-20(14)22(3,4)5;1-3-8-14(9-4-1)12-7-13-15-10-5-2-6-11-15;1-2-4-5-3-1;;;/h9,12-13H,11H2,1-8H3;14-15H,1-6,8-13H2;1-5H;2*1H;/q-1;;-1;;;+2/p-2. The molecule has 0 aromatic heterocycles. The first-order chi connectivity index (χ1) is 20.8. The molecule has 252 valence electrons. The molecule has 2 saturated carbocycles. The monoisotopic (exact) mass is 736 g/mol. The summed E-state index contributed by atoms with van der Waals surface area (Å²) in [6.45, 7) is 18.2. The molecule has 3 aromatic rings. The number of aryl methyl sites for hydroxylation is 2. The second kappa shape index (κ2) is 18.8. The predicted octanol–water partition coefficient (Wildman–Crippen LogP) is 6.33. The van der Waals surface area contributed by atoms with Crippen molar-refractivity contribution >= 4 is 3.21 Å². The van der Waals surface area contributed by atoms with Crippen LogP contribution in [-0.4, -0.2) is 3.21 Å². The van der Waals surface area contributed by atoms with Gasteiger partial charge in [0.25, 0.3) is 0 Å². The van der Waals surface area contributed by atoms with Crippen LogP contribution in [0.4, 0.5) is 0 Å². The average molecular weight is 739 g/mol. The summed E-state index contributed by atoms with van der Waals surface area (Å²) in [7, 11) is 0. The molecule has 2 fully saturated rings. The van der Waals surface area contributed by atoms with Gasteiger partial charge in [0.2, 0.25) is 0 Å². The van der Waals surface area contributed by atoms with Crippen LogP contribution < -0.4 is 24.8 Å². The molecule has 0 unspecified atom stereocenters. The van der Waals surface area contributed by atoms with Crippen molar-refractivity contribution in [2.24, 2.45) is 11.8 Å². The molecule has 3 heteroatoms. The van der Waals surface area contributed by atoms with Crippen LogP contribution in [0.1, 0.15) is 152 Å². The van der Waals surface area contributed by atoms with E-state index in [1.165, 1.54) is 122 Å². The summed E-state index contributed by atoms with van der Waals surface area (Å²) in [4.78, 5) is 0. The molecule has 0 atom stereocenters. The summed E-state index contributed by atoms with van der Waals surface area (Å²) in [5.74, 6) is 2.15. The topological polar surface area (TPSA) is 0 Å². The van der Waals surface area contributed by atoms with Gasteiger partial charge in [0.15, 0.2) is 0 Å². The Morgan fingerprint density at radius 2 is 1.20 bits per heavy atom. The smallest absolute Gasteiger partial charge is 0.172 e. The van der Waals surface area contributed by atoms with Gasteiger partial charge in [-0.25, -0.2) is 12.1 Å². The molecule has 46 heavy (non-hydrogen) atoms. The third kappa shape index (κ3) is 11.9. The quantitative estimate of drug-likeness (QED) is 0.215. The van der Waals surface area contributed by atoms with Crippen LogP contribution in [0.15, 0.2) is 48.5 Å². The van der Waals surface area contributed by atoms with E-state index in [2.05, 4.69) is 79.7 Å². The molecular formula is C43H60Cl2Zr-2. The van der Waals surface area contributed by atoms with Crippen LogP contribution in [0.25, 0.3) is 11.1 Å². The van der Waals surface area contributed by atoms with Crippen LogP contribution in [-0.2, 0) is 41.5 Å². The summed E-state index contributed by atoms with van der Waals surface area (Å²) in [5.41, 5.74) is 11.6. The first-order valence-electron chi connectivity index (χ1n) is 17.8. The van der Waals surface area contributed by atoms with E-state index in [9.17, 15) is 0 Å². The molecule has 3 aliphatic rings.